The molecule has 1 aromatic heterocycles. The average Bonchev–Trinajstić information content (AvgIpc) is 2.99. The van der Waals surface area contributed by atoms with Crippen molar-refractivity contribution in [2.24, 2.45) is 0 Å². The van der Waals surface area contributed by atoms with E-state index in [0.29, 0.717) is 11.9 Å². The SMILES string of the molecule is Cl.Cl.O=c1c2ccccc2ncn1CC#CCN1CCCC1. The van der Waals surface area contributed by atoms with Crippen molar-refractivity contribution in [2.45, 2.75) is 19.4 Å². The van der Waals surface area contributed by atoms with E-state index < -0.39 is 0 Å². The van der Waals surface area contributed by atoms with Crippen molar-refractivity contribution in [1.82, 2.24) is 14.5 Å². The van der Waals surface area contributed by atoms with Crippen molar-refractivity contribution < 1.29 is 0 Å². The molecule has 22 heavy (non-hydrogen) atoms. The maximum atomic E-state index is 12.2. The number of halogens is 2. The van der Waals surface area contributed by atoms with Gasteiger partial charge in [0.25, 0.3) is 5.56 Å². The molecule has 0 atom stereocenters. The first-order valence-corrected chi connectivity index (χ1v) is 6.97. The zero-order valence-corrected chi connectivity index (χ0v) is 13.8. The number of benzene rings is 1. The first-order chi connectivity index (χ1) is 9.84. The van der Waals surface area contributed by atoms with Gasteiger partial charge >= 0.3 is 0 Å². The first-order valence-electron chi connectivity index (χ1n) is 6.97. The van der Waals surface area contributed by atoms with Crippen molar-refractivity contribution >= 4 is 35.7 Å². The van der Waals surface area contributed by atoms with Crippen LogP contribution < -0.4 is 5.56 Å². The summed E-state index contributed by atoms with van der Waals surface area (Å²) in [6, 6.07) is 7.39. The standard InChI is InChI=1S/C16H17N3O.2ClH/c20-16-14-7-1-2-8-15(14)17-13-19(16)12-6-5-11-18-9-3-4-10-18;;/h1-2,7-8,13H,3-4,9-12H2;2*1H. The van der Waals surface area contributed by atoms with Gasteiger partial charge in [0, 0.05) is 0 Å². The second kappa shape index (κ2) is 8.79. The Hall–Kier alpha value is -1.54. The molecule has 1 saturated heterocycles. The van der Waals surface area contributed by atoms with Crippen LogP contribution in [-0.4, -0.2) is 34.1 Å². The highest BCUT2D eigenvalue weighted by atomic mass is 35.5. The summed E-state index contributed by atoms with van der Waals surface area (Å²) in [5.41, 5.74) is 0.713. The Morgan fingerprint density at radius 3 is 2.50 bits per heavy atom. The molecule has 0 aliphatic carbocycles. The van der Waals surface area contributed by atoms with Crippen LogP contribution >= 0.6 is 24.8 Å². The molecular weight excluding hydrogens is 321 g/mol. The number of rotatable bonds is 2. The van der Waals surface area contributed by atoms with Crippen LogP contribution in [0.15, 0.2) is 35.4 Å². The van der Waals surface area contributed by atoms with E-state index in [4.69, 9.17) is 0 Å². The molecule has 2 heterocycles. The van der Waals surface area contributed by atoms with Gasteiger partial charge in [0.05, 0.1) is 30.3 Å². The summed E-state index contributed by atoms with van der Waals surface area (Å²) in [4.78, 5) is 18.8. The van der Waals surface area contributed by atoms with Crippen LogP contribution in [0.4, 0.5) is 0 Å². The van der Waals surface area contributed by atoms with Crippen LogP contribution in [0, 0.1) is 11.8 Å². The number of likely N-dealkylation sites (tertiary alicyclic amines) is 1. The third-order valence-corrected chi connectivity index (χ3v) is 3.61. The number of para-hydroxylation sites is 1. The fourth-order valence-corrected chi connectivity index (χ4v) is 2.47. The van der Waals surface area contributed by atoms with Gasteiger partial charge in [-0.15, -0.1) is 24.8 Å². The summed E-state index contributed by atoms with van der Waals surface area (Å²) in [6.45, 7) is 3.50. The van der Waals surface area contributed by atoms with Crippen molar-refractivity contribution in [3.8, 4) is 11.8 Å². The predicted molar refractivity (Wildman–Crippen MR) is 93.9 cm³/mol. The molecule has 1 aliphatic rings. The largest absolute Gasteiger partial charge is 0.292 e. The van der Waals surface area contributed by atoms with E-state index in [-0.39, 0.29) is 30.4 Å². The highest BCUT2D eigenvalue weighted by molar-refractivity contribution is 5.85. The minimum atomic E-state index is -0.0222. The molecule has 1 aromatic carbocycles. The van der Waals surface area contributed by atoms with E-state index in [0.717, 1.165) is 25.2 Å². The molecule has 1 fully saturated rings. The van der Waals surface area contributed by atoms with E-state index >= 15 is 0 Å². The summed E-state index contributed by atoms with van der Waals surface area (Å²) >= 11 is 0. The Balaban J connectivity index is 0.00000121. The van der Waals surface area contributed by atoms with Gasteiger partial charge in [-0.25, -0.2) is 4.98 Å². The molecule has 0 spiro atoms. The summed E-state index contributed by atoms with van der Waals surface area (Å²) in [5, 5.41) is 0.649. The molecule has 0 unspecified atom stereocenters. The Morgan fingerprint density at radius 1 is 1.05 bits per heavy atom. The second-order valence-corrected chi connectivity index (χ2v) is 5.03. The number of aromatic nitrogens is 2. The second-order valence-electron chi connectivity index (χ2n) is 5.03. The summed E-state index contributed by atoms with van der Waals surface area (Å²) in [5.74, 6) is 6.20. The van der Waals surface area contributed by atoms with Crippen molar-refractivity contribution in [1.29, 1.82) is 0 Å². The summed E-state index contributed by atoms with van der Waals surface area (Å²) < 4.78 is 1.57. The quantitative estimate of drug-likeness (QED) is 0.788. The molecule has 0 radical (unpaired) electrons. The first kappa shape index (κ1) is 18.5. The maximum Gasteiger partial charge on any atom is 0.262 e. The zero-order chi connectivity index (χ0) is 13.8. The van der Waals surface area contributed by atoms with Crippen LogP contribution in [0.3, 0.4) is 0 Å². The lowest BCUT2D eigenvalue weighted by Crippen LogP contribution is -2.21. The molecule has 0 saturated carbocycles. The minimum Gasteiger partial charge on any atom is -0.292 e. The van der Waals surface area contributed by atoms with E-state index in [1.54, 1.807) is 17.0 Å². The Bertz CT molecular complexity index is 727. The number of hydrogen-bond donors (Lipinski definition) is 0. The van der Waals surface area contributed by atoms with Gasteiger partial charge < -0.3 is 0 Å². The van der Waals surface area contributed by atoms with E-state index in [1.165, 1.54) is 12.8 Å². The fraction of sp³-hybridized carbons (Fsp3) is 0.375. The van der Waals surface area contributed by atoms with E-state index in [9.17, 15) is 4.79 Å². The molecule has 1 aliphatic heterocycles. The van der Waals surface area contributed by atoms with Gasteiger partial charge in [0.15, 0.2) is 0 Å². The lowest BCUT2D eigenvalue weighted by atomic mass is 10.2. The molecule has 3 rings (SSSR count). The van der Waals surface area contributed by atoms with E-state index in [2.05, 4.69) is 21.7 Å². The summed E-state index contributed by atoms with van der Waals surface area (Å²) in [6.07, 6.45) is 4.13. The van der Waals surface area contributed by atoms with E-state index in [1.807, 2.05) is 18.2 Å². The highest BCUT2D eigenvalue weighted by Gasteiger charge is 2.08. The molecular formula is C16H19Cl2N3O. The van der Waals surface area contributed by atoms with Crippen LogP contribution in [0.2, 0.25) is 0 Å². The van der Waals surface area contributed by atoms with Crippen molar-refractivity contribution in [3.63, 3.8) is 0 Å². The Labute approximate surface area is 142 Å². The maximum absolute atomic E-state index is 12.2. The summed E-state index contributed by atoms with van der Waals surface area (Å²) in [7, 11) is 0. The third kappa shape index (κ3) is 4.23. The van der Waals surface area contributed by atoms with Crippen LogP contribution in [0.5, 0.6) is 0 Å². The smallest absolute Gasteiger partial charge is 0.262 e. The monoisotopic (exact) mass is 339 g/mol. The van der Waals surface area contributed by atoms with Gasteiger partial charge in [-0.1, -0.05) is 24.0 Å². The van der Waals surface area contributed by atoms with Crippen molar-refractivity contribution in [3.05, 3.63) is 40.9 Å². The predicted octanol–water partition coefficient (Wildman–Crippen LogP) is 2.34. The van der Waals surface area contributed by atoms with Gasteiger partial charge in [-0.3, -0.25) is 14.3 Å². The highest BCUT2D eigenvalue weighted by Crippen LogP contribution is 2.05. The lowest BCUT2D eigenvalue weighted by Gasteiger charge is -2.08. The molecule has 6 heteroatoms. The van der Waals surface area contributed by atoms with Gasteiger partial charge in [0.2, 0.25) is 0 Å². The molecule has 2 aromatic rings. The Kier molecular flexibility index (Phi) is 7.40. The van der Waals surface area contributed by atoms with Gasteiger partial charge in [-0.05, 0) is 38.1 Å². The average molecular weight is 340 g/mol. The number of nitrogens with zero attached hydrogens (tertiary/aromatic N) is 3. The van der Waals surface area contributed by atoms with Crippen LogP contribution in [-0.2, 0) is 6.54 Å². The topological polar surface area (TPSA) is 38.1 Å². The Morgan fingerprint density at radius 2 is 1.73 bits per heavy atom. The lowest BCUT2D eigenvalue weighted by molar-refractivity contribution is 0.383. The number of fused-ring (bicyclic) bond motifs is 1. The molecule has 4 nitrogen and oxygen atoms in total. The molecule has 0 N–H and O–H groups in total. The minimum absolute atomic E-state index is 0. The van der Waals surface area contributed by atoms with Crippen molar-refractivity contribution in [2.75, 3.05) is 19.6 Å². The fourth-order valence-electron chi connectivity index (χ4n) is 2.47. The third-order valence-electron chi connectivity index (χ3n) is 3.61. The zero-order valence-electron chi connectivity index (χ0n) is 12.2. The van der Waals surface area contributed by atoms with Crippen LogP contribution in [0.1, 0.15) is 12.8 Å². The number of hydrogen-bond acceptors (Lipinski definition) is 3. The van der Waals surface area contributed by atoms with Gasteiger partial charge in [0.1, 0.15) is 0 Å². The van der Waals surface area contributed by atoms with Gasteiger partial charge in [-0.2, -0.15) is 0 Å². The molecule has 0 amide bonds. The molecule has 0 bridgehead atoms. The molecule has 118 valence electrons. The normalized spacial score (nSPS) is 13.8. The van der Waals surface area contributed by atoms with Crippen LogP contribution in [0.25, 0.3) is 10.9 Å².